The number of carbonyl (C=O) groups excluding carboxylic acids is 2. The van der Waals surface area contributed by atoms with Gasteiger partial charge in [0.05, 0.1) is 0 Å². The Balaban J connectivity index is 1.69. The highest BCUT2D eigenvalue weighted by Gasteiger charge is 2.82. The Morgan fingerprint density at radius 2 is 1.38 bits per heavy atom. The number of nitrogens with zero attached hydrogens (tertiary/aromatic N) is 1. The molecule has 0 saturated carbocycles. The van der Waals surface area contributed by atoms with E-state index >= 15 is 0 Å². The van der Waals surface area contributed by atoms with Gasteiger partial charge in [0, 0.05) is 36.2 Å². The number of rotatable bonds is 8. The molecule has 1 heterocycles. The van der Waals surface area contributed by atoms with Gasteiger partial charge in [0.1, 0.15) is 17.2 Å². The first kappa shape index (κ1) is 30.0. The molecule has 0 aliphatic heterocycles. The van der Waals surface area contributed by atoms with E-state index in [1.807, 2.05) is 5.32 Å². The van der Waals surface area contributed by atoms with Crippen LogP contribution in [0, 0.1) is 0 Å². The van der Waals surface area contributed by atoms with E-state index in [1.165, 1.54) is 49.6 Å². The summed E-state index contributed by atoms with van der Waals surface area (Å²) in [6.07, 6.45) is -5.61. The number of urea groups is 1. The van der Waals surface area contributed by atoms with E-state index in [-0.39, 0.29) is 35.0 Å². The van der Waals surface area contributed by atoms with Crippen LogP contribution in [0.25, 0.3) is 0 Å². The molecule has 0 saturated heterocycles. The highest BCUT2D eigenvalue weighted by atomic mass is 19.4. The number of anilines is 2. The van der Waals surface area contributed by atoms with Crippen LogP contribution in [0.1, 0.15) is 16.1 Å². The summed E-state index contributed by atoms with van der Waals surface area (Å²) in [5, 5.41) is 6.66. The molecule has 0 aliphatic carbocycles. The maximum Gasteiger partial charge on any atom is 0.460 e. The lowest BCUT2D eigenvalue weighted by Gasteiger charge is -2.33. The number of amides is 3. The third-order valence-electron chi connectivity index (χ3n) is 5.17. The first-order valence-electron chi connectivity index (χ1n) is 10.8. The molecule has 2 aromatic carbocycles. The number of hydrogen-bond donors (Lipinski definition) is 3. The Labute approximate surface area is 219 Å². The largest absolute Gasteiger partial charge is 0.460 e. The monoisotopic (exact) mass is 580 g/mol. The van der Waals surface area contributed by atoms with Crippen molar-refractivity contribution in [1.29, 1.82) is 0 Å². The molecule has 40 heavy (non-hydrogen) atoms. The molecule has 3 amide bonds. The summed E-state index contributed by atoms with van der Waals surface area (Å²) >= 11 is 0. The van der Waals surface area contributed by atoms with Gasteiger partial charge in [0.15, 0.2) is 0 Å². The fourth-order valence-electron chi connectivity index (χ4n) is 3.11. The van der Waals surface area contributed by atoms with Crippen LogP contribution < -0.4 is 20.7 Å². The molecule has 3 aromatic rings. The quantitative estimate of drug-likeness (QED) is 0.256. The zero-order chi connectivity index (χ0) is 29.9. The van der Waals surface area contributed by atoms with Crippen molar-refractivity contribution in [3.05, 3.63) is 78.1 Å². The molecule has 7 nitrogen and oxygen atoms in total. The van der Waals surface area contributed by atoms with Crippen molar-refractivity contribution in [3.63, 3.8) is 0 Å². The van der Waals surface area contributed by atoms with Gasteiger partial charge in [-0.3, -0.25) is 9.78 Å². The van der Waals surface area contributed by atoms with Crippen LogP contribution in [0.5, 0.6) is 11.5 Å². The minimum Gasteiger partial charge on any atom is -0.457 e. The lowest BCUT2D eigenvalue weighted by atomic mass is 9.96. The Kier molecular flexibility index (Phi) is 8.22. The molecule has 0 unspecified atom stereocenters. The summed E-state index contributed by atoms with van der Waals surface area (Å²) < 4.78 is 125. The average molecular weight is 580 g/mol. The number of alkyl halides is 9. The number of pyridine rings is 1. The van der Waals surface area contributed by atoms with Crippen molar-refractivity contribution in [3.8, 4) is 11.5 Å². The van der Waals surface area contributed by atoms with Gasteiger partial charge >= 0.3 is 30.0 Å². The topological polar surface area (TPSA) is 92.4 Å². The van der Waals surface area contributed by atoms with Crippen LogP contribution in [0.2, 0.25) is 0 Å². The summed E-state index contributed by atoms with van der Waals surface area (Å²) in [5.41, 5.74) is -2.28. The molecule has 0 radical (unpaired) electrons. The minimum atomic E-state index is -7.05. The standard InChI is InChI=1S/C24H17F9N4O3/c1-34-19(38)18-12-17(9-10-35-18)40-16-7-5-14(6-8-16)36-20(39)37-15-4-2-3-13(11-15)21(25,26)22(27,28)23(29,30)24(31,32)33/h2-12H,1H3,(H,34,38)(H2,36,37,39). The number of ether oxygens (including phenoxy) is 1. The highest BCUT2D eigenvalue weighted by molar-refractivity contribution is 5.99. The first-order valence-corrected chi connectivity index (χ1v) is 10.8. The van der Waals surface area contributed by atoms with Crippen LogP contribution in [0.4, 0.5) is 55.7 Å². The molecular formula is C24H17F9N4O3. The van der Waals surface area contributed by atoms with Crippen LogP contribution >= 0.6 is 0 Å². The second kappa shape index (κ2) is 10.9. The van der Waals surface area contributed by atoms with E-state index in [0.29, 0.717) is 6.07 Å². The zero-order valence-electron chi connectivity index (χ0n) is 19.9. The normalized spacial score (nSPS) is 12.4. The van der Waals surface area contributed by atoms with Crippen molar-refractivity contribution in [2.24, 2.45) is 0 Å². The number of hydrogen-bond acceptors (Lipinski definition) is 4. The third-order valence-corrected chi connectivity index (χ3v) is 5.17. The summed E-state index contributed by atoms with van der Waals surface area (Å²) in [6, 6.07) is 9.17. The van der Waals surface area contributed by atoms with Crippen LogP contribution in [-0.4, -0.2) is 42.0 Å². The molecule has 0 atom stereocenters. The molecule has 214 valence electrons. The minimum absolute atomic E-state index is 0.0922. The SMILES string of the molecule is CNC(=O)c1cc(Oc2ccc(NC(=O)Nc3cccc(C(F)(F)C(F)(F)C(F)(F)C(F)(F)F)c3)cc2)ccn1. The third kappa shape index (κ3) is 6.05. The maximum atomic E-state index is 14.2. The summed E-state index contributed by atoms with van der Waals surface area (Å²) in [5.74, 6) is -19.8. The summed E-state index contributed by atoms with van der Waals surface area (Å²) in [7, 11) is 1.42. The summed E-state index contributed by atoms with van der Waals surface area (Å²) in [4.78, 5) is 27.8. The number of benzene rings is 2. The number of nitrogens with one attached hydrogen (secondary N) is 3. The van der Waals surface area contributed by atoms with Gasteiger partial charge in [-0.25, -0.2) is 4.79 Å². The molecule has 0 aliphatic rings. The summed E-state index contributed by atoms with van der Waals surface area (Å²) in [6.45, 7) is 0. The molecule has 0 fully saturated rings. The predicted molar refractivity (Wildman–Crippen MR) is 123 cm³/mol. The van der Waals surface area contributed by atoms with E-state index in [4.69, 9.17) is 4.74 Å². The van der Waals surface area contributed by atoms with Gasteiger partial charge in [0.25, 0.3) is 5.91 Å². The maximum absolute atomic E-state index is 14.2. The van der Waals surface area contributed by atoms with Crippen molar-refractivity contribution in [2.75, 3.05) is 17.7 Å². The van der Waals surface area contributed by atoms with E-state index in [9.17, 15) is 49.1 Å². The lowest BCUT2D eigenvalue weighted by Crippen LogP contribution is -2.59. The number of halogens is 9. The molecule has 1 aromatic heterocycles. The predicted octanol–water partition coefficient (Wildman–Crippen LogP) is 6.80. The first-order chi connectivity index (χ1) is 18.5. The fraction of sp³-hybridized carbons (Fsp3) is 0.208. The Morgan fingerprint density at radius 3 is 1.98 bits per heavy atom. The lowest BCUT2D eigenvalue weighted by molar-refractivity contribution is -0.399. The molecule has 16 heteroatoms. The van der Waals surface area contributed by atoms with Crippen LogP contribution in [-0.2, 0) is 5.92 Å². The second-order valence-corrected chi connectivity index (χ2v) is 7.96. The van der Waals surface area contributed by atoms with Crippen molar-refractivity contribution < 1.29 is 53.8 Å². The zero-order valence-corrected chi connectivity index (χ0v) is 19.9. The molecular weight excluding hydrogens is 563 g/mol. The Hall–Kier alpha value is -4.50. The second-order valence-electron chi connectivity index (χ2n) is 7.96. The average Bonchev–Trinajstić information content (AvgIpc) is 2.88. The van der Waals surface area contributed by atoms with E-state index in [0.717, 1.165) is 6.07 Å². The smallest absolute Gasteiger partial charge is 0.457 e. The fourth-order valence-corrected chi connectivity index (χ4v) is 3.11. The van der Waals surface area contributed by atoms with Gasteiger partial charge in [-0.1, -0.05) is 12.1 Å². The van der Waals surface area contributed by atoms with E-state index in [2.05, 4.69) is 15.6 Å². The number of aromatic nitrogens is 1. The van der Waals surface area contributed by atoms with Crippen molar-refractivity contribution >= 4 is 23.3 Å². The molecule has 0 bridgehead atoms. The van der Waals surface area contributed by atoms with Gasteiger partial charge in [0.2, 0.25) is 0 Å². The van der Waals surface area contributed by atoms with Crippen LogP contribution in [0.15, 0.2) is 66.9 Å². The van der Waals surface area contributed by atoms with Gasteiger partial charge in [-0.15, -0.1) is 0 Å². The van der Waals surface area contributed by atoms with E-state index < -0.39 is 47.1 Å². The van der Waals surface area contributed by atoms with Gasteiger partial charge in [-0.05, 0) is 42.5 Å². The Morgan fingerprint density at radius 1 is 0.750 bits per heavy atom. The van der Waals surface area contributed by atoms with E-state index in [1.54, 1.807) is 0 Å². The molecule has 3 rings (SSSR count). The number of carbonyl (C=O) groups is 2. The van der Waals surface area contributed by atoms with Crippen LogP contribution in [0.3, 0.4) is 0 Å². The Bertz CT molecular complexity index is 1380. The molecule has 3 N–H and O–H groups in total. The van der Waals surface area contributed by atoms with Crippen molar-refractivity contribution in [1.82, 2.24) is 10.3 Å². The van der Waals surface area contributed by atoms with Gasteiger partial charge < -0.3 is 20.7 Å². The van der Waals surface area contributed by atoms with Crippen molar-refractivity contribution in [2.45, 2.75) is 23.9 Å². The van der Waals surface area contributed by atoms with Gasteiger partial charge in [-0.2, -0.15) is 39.5 Å². The highest BCUT2D eigenvalue weighted by Crippen LogP contribution is 2.56. The molecule has 0 spiro atoms.